The van der Waals surface area contributed by atoms with Crippen LogP contribution in [0.4, 0.5) is 5.69 Å². The topological polar surface area (TPSA) is 26.0 Å². The lowest BCUT2D eigenvalue weighted by Gasteiger charge is -2.05. The van der Waals surface area contributed by atoms with Gasteiger partial charge in [0.05, 0.1) is 0 Å². The molecule has 17 heavy (non-hydrogen) atoms. The Morgan fingerprint density at radius 1 is 0.882 bits per heavy atom. The first-order valence-corrected chi connectivity index (χ1v) is 6.14. The van der Waals surface area contributed by atoms with E-state index in [-0.39, 0.29) is 0 Å². The highest BCUT2D eigenvalue weighted by Gasteiger charge is 1.98. The van der Waals surface area contributed by atoms with E-state index in [0.717, 1.165) is 17.7 Å². The number of rotatable bonds is 2. The van der Waals surface area contributed by atoms with Gasteiger partial charge < -0.3 is 5.73 Å². The van der Waals surface area contributed by atoms with Gasteiger partial charge in [0.15, 0.2) is 0 Å². The zero-order chi connectivity index (χ0) is 12.7. The second-order valence-corrected chi connectivity index (χ2v) is 3.85. The molecule has 0 amide bonds. The van der Waals surface area contributed by atoms with E-state index < -0.39 is 0 Å². The summed E-state index contributed by atoms with van der Waals surface area (Å²) in [5.74, 6) is 0. The van der Waals surface area contributed by atoms with Crippen LogP contribution in [0.2, 0.25) is 0 Å². The summed E-state index contributed by atoms with van der Waals surface area (Å²) in [6, 6.07) is 16.7. The van der Waals surface area contributed by atoms with E-state index in [2.05, 4.69) is 36.4 Å². The molecule has 0 atom stereocenters. The molecule has 0 aromatic heterocycles. The number of anilines is 1. The highest BCUT2D eigenvalue weighted by atomic mass is 14.5. The summed E-state index contributed by atoms with van der Waals surface area (Å²) in [6.07, 6.45) is 0.974. The first-order valence-electron chi connectivity index (χ1n) is 6.14. The van der Waals surface area contributed by atoms with Crippen molar-refractivity contribution in [2.45, 2.75) is 27.2 Å². The fourth-order valence-electron chi connectivity index (χ4n) is 1.68. The van der Waals surface area contributed by atoms with Crippen molar-refractivity contribution in [3.63, 3.8) is 0 Å². The molecule has 90 valence electrons. The van der Waals surface area contributed by atoms with E-state index in [1.54, 1.807) is 0 Å². The summed E-state index contributed by atoms with van der Waals surface area (Å²) in [6.45, 7) is 6.05. The Kier molecular flexibility index (Phi) is 5.28. The lowest BCUT2D eigenvalue weighted by molar-refractivity contribution is 1.18. The summed E-state index contributed by atoms with van der Waals surface area (Å²) >= 11 is 0. The molecule has 2 aromatic rings. The van der Waals surface area contributed by atoms with Crippen molar-refractivity contribution in [1.29, 1.82) is 0 Å². The minimum absolute atomic E-state index is 0.867. The fraction of sp³-hybridized carbons (Fsp3) is 0.250. The van der Waals surface area contributed by atoms with E-state index >= 15 is 0 Å². The summed E-state index contributed by atoms with van der Waals surface area (Å²) in [5.41, 5.74) is 10.5. The van der Waals surface area contributed by atoms with Crippen LogP contribution in [0, 0.1) is 6.92 Å². The maximum Gasteiger partial charge on any atom is 0.0343 e. The van der Waals surface area contributed by atoms with Crippen molar-refractivity contribution in [1.82, 2.24) is 0 Å². The zero-order valence-electron chi connectivity index (χ0n) is 10.9. The zero-order valence-corrected chi connectivity index (χ0v) is 10.9. The number of aryl methyl sites for hydroxylation is 1. The maximum atomic E-state index is 5.78. The quantitative estimate of drug-likeness (QED) is 0.765. The van der Waals surface area contributed by atoms with Crippen LogP contribution < -0.4 is 5.73 Å². The predicted octanol–water partition coefficient (Wildman–Crippen LogP) is 4.19. The van der Waals surface area contributed by atoms with Crippen LogP contribution in [0.15, 0.2) is 48.5 Å². The number of hydrogen-bond acceptors (Lipinski definition) is 1. The molecular formula is C16H21N. The SMILES string of the molecule is CC.Cc1cc(Cc2ccccc2)ccc1N. The average Bonchev–Trinajstić information content (AvgIpc) is 2.38. The van der Waals surface area contributed by atoms with E-state index in [4.69, 9.17) is 5.73 Å². The molecule has 0 aliphatic heterocycles. The summed E-state index contributed by atoms with van der Waals surface area (Å²) in [4.78, 5) is 0. The Morgan fingerprint density at radius 3 is 2.12 bits per heavy atom. The second kappa shape index (κ2) is 6.74. The molecule has 0 spiro atoms. The molecule has 0 fully saturated rings. The largest absolute Gasteiger partial charge is 0.399 e. The minimum Gasteiger partial charge on any atom is -0.399 e. The Morgan fingerprint density at radius 2 is 1.53 bits per heavy atom. The van der Waals surface area contributed by atoms with Crippen LogP contribution in [0.25, 0.3) is 0 Å². The van der Waals surface area contributed by atoms with Crippen LogP contribution in [-0.2, 0) is 6.42 Å². The highest BCUT2D eigenvalue weighted by molar-refractivity contribution is 5.48. The Bertz CT molecular complexity index is 446. The first-order chi connectivity index (χ1) is 8.25. The number of hydrogen-bond donors (Lipinski definition) is 1. The summed E-state index contributed by atoms with van der Waals surface area (Å²) < 4.78 is 0. The molecule has 0 unspecified atom stereocenters. The third kappa shape index (κ3) is 3.95. The molecule has 2 N–H and O–H groups in total. The van der Waals surface area contributed by atoms with Gasteiger partial charge in [-0.3, -0.25) is 0 Å². The van der Waals surface area contributed by atoms with Crippen molar-refractivity contribution in [2.24, 2.45) is 0 Å². The van der Waals surface area contributed by atoms with Crippen molar-refractivity contribution in [3.05, 3.63) is 65.2 Å². The molecule has 0 saturated carbocycles. The number of benzene rings is 2. The normalized spacial score (nSPS) is 9.35. The van der Waals surface area contributed by atoms with Gasteiger partial charge in [-0.1, -0.05) is 56.3 Å². The van der Waals surface area contributed by atoms with Crippen molar-refractivity contribution < 1.29 is 0 Å². The third-order valence-corrected chi connectivity index (χ3v) is 2.59. The molecule has 1 nitrogen and oxygen atoms in total. The van der Waals surface area contributed by atoms with E-state index in [9.17, 15) is 0 Å². The lowest BCUT2D eigenvalue weighted by atomic mass is 10.0. The van der Waals surface area contributed by atoms with Gasteiger partial charge in [-0.15, -0.1) is 0 Å². The molecule has 1 heteroatoms. The number of nitrogens with two attached hydrogens (primary N) is 1. The van der Waals surface area contributed by atoms with Crippen molar-refractivity contribution >= 4 is 5.69 Å². The molecule has 0 aliphatic carbocycles. The van der Waals surface area contributed by atoms with Crippen LogP contribution in [0.5, 0.6) is 0 Å². The predicted molar refractivity (Wildman–Crippen MR) is 76.2 cm³/mol. The maximum absolute atomic E-state index is 5.78. The van der Waals surface area contributed by atoms with E-state index in [0.29, 0.717) is 0 Å². The second-order valence-electron chi connectivity index (χ2n) is 3.85. The third-order valence-electron chi connectivity index (χ3n) is 2.59. The van der Waals surface area contributed by atoms with Gasteiger partial charge >= 0.3 is 0 Å². The highest BCUT2D eigenvalue weighted by Crippen LogP contribution is 2.15. The Labute approximate surface area is 104 Å². The lowest BCUT2D eigenvalue weighted by Crippen LogP contribution is -1.93. The molecule has 0 aliphatic rings. The van der Waals surface area contributed by atoms with Gasteiger partial charge in [0, 0.05) is 5.69 Å². The molecule has 0 saturated heterocycles. The molecular weight excluding hydrogens is 206 g/mol. The Hall–Kier alpha value is -1.76. The summed E-state index contributed by atoms with van der Waals surface area (Å²) in [5, 5.41) is 0. The smallest absolute Gasteiger partial charge is 0.0343 e. The van der Waals surface area contributed by atoms with Crippen LogP contribution >= 0.6 is 0 Å². The van der Waals surface area contributed by atoms with Gasteiger partial charge in [-0.2, -0.15) is 0 Å². The fourth-order valence-corrected chi connectivity index (χ4v) is 1.68. The average molecular weight is 227 g/mol. The van der Waals surface area contributed by atoms with Gasteiger partial charge in [0.25, 0.3) is 0 Å². The van der Waals surface area contributed by atoms with E-state index in [1.807, 2.05) is 32.9 Å². The molecule has 0 heterocycles. The van der Waals surface area contributed by atoms with Gasteiger partial charge in [0.1, 0.15) is 0 Å². The molecule has 0 radical (unpaired) electrons. The van der Waals surface area contributed by atoms with Crippen LogP contribution in [0.3, 0.4) is 0 Å². The van der Waals surface area contributed by atoms with Gasteiger partial charge in [-0.05, 0) is 36.1 Å². The van der Waals surface area contributed by atoms with E-state index in [1.165, 1.54) is 11.1 Å². The molecule has 2 aromatic carbocycles. The van der Waals surface area contributed by atoms with Crippen molar-refractivity contribution in [3.8, 4) is 0 Å². The van der Waals surface area contributed by atoms with Gasteiger partial charge in [-0.25, -0.2) is 0 Å². The molecule has 2 rings (SSSR count). The van der Waals surface area contributed by atoms with Crippen LogP contribution in [-0.4, -0.2) is 0 Å². The van der Waals surface area contributed by atoms with Crippen molar-refractivity contribution in [2.75, 3.05) is 5.73 Å². The van der Waals surface area contributed by atoms with Crippen LogP contribution in [0.1, 0.15) is 30.5 Å². The minimum atomic E-state index is 0.867. The standard InChI is InChI=1S/C14H15N.C2H6/c1-11-9-13(7-8-14(11)15)10-12-5-3-2-4-6-12;1-2/h2-9H,10,15H2,1H3;1-2H3. The molecule has 0 bridgehead atoms. The first kappa shape index (κ1) is 13.3. The van der Waals surface area contributed by atoms with Gasteiger partial charge in [0.2, 0.25) is 0 Å². The number of nitrogen functional groups attached to an aromatic ring is 1. The summed E-state index contributed by atoms with van der Waals surface area (Å²) in [7, 11) is 0. The monoisotopic (exact) mass is 227 g/mol. The Balaban J connectivity index is 0.000000686.